The van der Waals surface area contributed by atoms with Crippen LogP contribution in [0, 0.1) is 23.2 Å². The fraction of sp³-hybridized carbons (Fsp3) is 0.833. The van der Waals surface area contributed by atoms with Crippen LogP contribution in [-0.4, -0.2) is 47.5 Å². The van der Waals surface area contributed by atoms with Gasteiger partial charge >= 0.3 is 12.0 Å². The number of carbonyl (C=O) groups excluding carboxylic acids is 2. The Bertz CT molecular complexity index is 491. The molecule has 1 aliphatic heterocycles. The van der Waals surface area contributed by atoms with E-state index in [4.69, 9.17) is 5.73 Å². The molecule has 0 aromatic carbocycles. The van der Waals surface area contributed by atoms with E-state index in [0.717, 1.165) is 12.8 Å². The van der Waals surface area contributed by atoms with Crippen molar-refractivity contribution in [1.82, 2.24) is 10.2 Å². The van der Waals surface area contributed by atoms with Gasteiger partial charge in [0.25, 0.3) is 0 Å². The normalized spacial score (nSPS) is 19.6. The monoisotopic (exact) mass is 355 g/mol. The summed E-state index contributed by atoms with van der Waals surface area (Å²) in [5.41, 5.74) is 4.86. The van der Waals surface area contributed by atoms with Crippen molar-refractivity contribution in [2.24, 2.45) is 28.9 Å². The molecule has 144 valence electrons. The largest absolute Gasteiger partial charge is 0.481 e. The first-order chi connectivity index (χ1) is 11.5. The van der Waals surface area contributed by atoms with Crippen molar-refractivity contribution in [3.63, 3.8) is 0 Å². The van der Waals surface area contributed by atoms with Gasteiger partial charge in [0.2, 0.25) is 5.91 Å². The highest BCUT2D eigenvalue weighted by Gasteiger charge is 2.32. The van der Waals surface area contributed by atoms with Gasteiger partial charge in [0, 0.05) is 25.0 Å². The van der Waals surface area contributed by atoms with Crippen LogP contribution in [0.25, 0.3) is 0 Å². The van der Waals surface area contributed by atoms with Crippen LogP contribution < -0.4 is 11.1 Å². The smallest absolute Gasteiger partial charge is 0.317 e. The number of likely N-dealkylation sites (tertiary alicyclic amines) is 1. The summed E-state index contributed by atoms with van der Waals surface area (Å²) in [6.07, 6.45) is 3.02. The number of carboxylic acids is 1. The summed E-state index contributed by atoms with van der Waals surface area (Å²) in [6.45, 7) is 8.96. The van der Waals surface area contributed by atoms with Crippen LogP contribution in [0.1, 0.15) is 53.4 Å². The molecule has 1 fully saturated rings. The Morgan fingerprint density at radius 3 is 2.48 bits per heavy atom. The Hall–Kier alpha value is -1.79. The third kappa shape index (κ3) is 6.92. The predicted molar refractivity (Wildman–Crippen MR) is 95.9 cm³/mol. The van der Waals surface area contributed by atoms with E-state index in [-0.39, 0.29) is 30.3 Å². The molecule has 0 saturated carbocycles. The van der Waals surface area contributed by atoms with Gasteiger partial charge in [-0.1, -0.05) is 27.7 Å². The molecule has 0 aromatic rings. The van der Waals surface area contributed by atoms with Gasteiger partial charge in [0.15, 0.2) is 0 Å². The summed E-state index contributed by atoms with van der Waals surface area (Å²) in [4.78, 5) is 36.9. The number of hydrogen-bond acceptors (Lipinski definition) is 3. The zero-order chi connectivity index (χ0) is 19.2. The Kier molecular flexibility index (Phi) is 7.70. The Labute approximate surface area is 150 Å². The first-order valence-corrected chi connectivity index (χ1v) is 9.08. The summed E-state index contributed by atoms with van der Waals surface area (Å²) in [7, 11) is 0. The summed E-state index contributed by atoms with van der Waals surface area (Å²) >= 11 is 0. The van der Waals surface area contributed by atoms with E-state index in [1.165, 1.54) is 0 Å². The molecule has 7 heteroatoms. The van der Waals surface area contributed by atoms with E-state index >= 15 is 0 Å². The molecule has 1 aliphatic rings. The SMILES string of the molecule is CC(C)CC(CNC(=O)N1CCCC(CC(C)(C)C(N)=O)C1)C(=O)O. The summed E-state index contributed by atoms with van der Waals surface area (Å²) in [6, 6.07) is -0.225. The third-order valence-corrected chi connectivity index (χ3v) is 4.88. The van der Waals surface area contributed by atoms with Crippen molar-refractivity contribution < 1.29 is 19.5 Å². The van der Waals surface area contributed by atoms with E-state index in [9.17, 15) is 19.5 Å². The van der Waals surface area contributed by atoms with Crippen LogP contribution >= 0.6 is 0 Å². The Balaban J connectivity index is 2.55. The molecule has 3 amide bonds. The maximum Gasteiger partial charge on any atom is 0.317 e. The minimum Gasteiger partial charge on any atom is -0.481 e. The molecule has 2 unspecified atom stereocenters. The molecule has 2 atom stereocenters. The second-order valence-electron chi connectivity index (χ2n) is 8.26. The average Bonchev–Trinajstić information content (AvgIpc) is 2.50. The number of carbonyl (C=O) groups is 3. The lowest BCUT2D eigenvalue weighted by Gasteiger charge is -2.36. The number of carboxylic acid groups (broad SMARTS) is 1. The minimum absolute atomic E-state index is 0.139. The first kappa shape index (κ1) is 21.3. The lowest BCUT2D eigenvalue weighted by Crippen LogP contribution is -2.48. The van der Waals surface area contributed by atoms with Gasteiger partial charge in [-0.3, -0.25) is 9.59 Å². The van der Waals surface area contributed by atoms with E-state index in [2.05, 4.69) is 5.32 Å². The summed E-state index contributed by atoms with van der Waals surface area (Å²) < 4.78 is 0. The maximum atomic E-state index is 12.4. The second kappa shape index (κ2) is 9.06. The fourth-order valence-corrected chi connectivity index (χ4v) is 3.40. The number of rotatable bonds is 8. The highest BCUT2D eigenvalue weighted by atomic mass is 16.4. The number of hydrogen-bond donors (Lipinski definition) is 3. The molecule has 7 nitrogen and oxygen atoms in total. The number of primary amides is 1. The summed E-state index contributed by atoms with van der Waals surface area (Å²) in [5.74, 6) is -1.29. The highest BCUT2D eigenvalue weighted by molar-refractivity contribution is 5.80. The molecule has 1 rings (SSSR count). The van der Waals surface area contributed by atoms with Gasteiger partial charge < -0.3 is 21.1 Å². The van der Waals surface area contributed by atoms with E-state index in [0.29, 0.717) is 25.9 Å². The molecule has 0 aromatic heterocycles. The van der Waals surface area contributed by atoms with Crippen LogP contribution in [-0.2, 0) is 9.59 Å². The van der Waals surface area contributed by atoms with Crippen molar-refractivity contribution >= 4 is 17.9 Å². The number of urea groups is 1. The molecule has 0 radical (unpaired) electrons. The van der Waals surface area contributed by atoms with E-state index in [1.807, 2.05) is 27.7 Å². The lowest BCUT2D eigenvalue weighted by molar-refractivity contribution is -0.142. The van der Waals surface area contributed by atoms with Crippen molar-refractivity contribution in [2.45, 2.75) is 53.4 Å². The number of nitrogens with zero attached hydrogens (tertiary/aromatic N) is 1. The Morgan fingerprint density at radius 1 is 1.32 bits per heavy atom. The van der Waals surface area contributed by atoms with Gasteiger partial charge in [-0.05, 0) is 37.5 Å². The minimum atomic E-state index is -0.881. The van der Waals surface area contributed by atoms with Crippen molar-refractivity contribution in [2.75, 3.05) is 19.6 Å². The highest BCUT2D eigenvalue weighted by Crippen LogP contribution is 2.30. The van der Waals surface area contributed by atoms with Crippen LogP contribution in [0.4, 0.5) is 4.79 Å². The zero-order valence-corrected chi connectivity index (χ0v) is 15.9. The van der Waals surface area contributed by atoms with Gasteiger partial charge in [-0.15, -0.1) is 0 Å². The van der Waals surface area contributed by atoms with E-state index < -0.39 is 17.3 Å². The maximum absolute atomic E-state index is 12.4. The van der Waals surface area contributed by atoms with Crippen molar-refractivity contribution in [3.05, 3.63) is 0 Å². The van der Waals surface area contributed by atoms with Gasteiger partial charge in [-0.25, -0.2) is 4.79 Å². The molecule has 1 saturated heterocycles. The Morgan fingerprint density at radius 2 is 1.96 bits per heavy atom. The molecule has 25 heavy (non-hydrogen) atoms. The summed E-state index contributed by atoms with van der Waals surface area (Å²) in [5, 5.41) is 12.0. The first-order valence-electron chi connectivity index (χ1n) is 9.08. The van der Waals surface area contributed by atoms with Gasteiger partial charge in [0.1, 0.15) is 0 Å². The number of nitrogens with one attached hydrogen (secondary N) is 1. The quantitative estimate of drug-likeness (QED) is 0.618. The van der Waals surface area contributed by atoms with Crippen LogP contribution in [0.2, 0.25) is 0 Å². The number of aliphatic carboxylic acids is 1. The fourth-order valence-electron chi connectivity index (χ4n) is 3.40. The standard InChI is InChI=1S/C18H33N3O4/c1-12(2)8-14(15(22)23)10-20-17(25)21-7-5-6-13(11-21)9-18(3,4)16(19)24/h12-14H,5-11H2,1-4H3,(H2,19,24)(H,20,25)(H,22,23). The topological polar surface area (TPSA) is 113 Å². The van der Waals surface area contributed by atoms with Gasteiger partial charge in [0.05, 0.1) is 5.92 Å². The predicted octanol–water partition coefficient (Wildman–Crippen LogP) is 2.06. The van der Waals surface area contributed by atoms with Crippen LogP contribution in [0.5, 0.6) is 0 Å². The number of amides is 3. The van der Waals surface area contributed by atoms with Crippen molar-refractivity contribution in [3.8, 4) is 0 Å². The van der Waals surface area contributed by atoms with Crippen molar-refractivity contribution in [1.29, 1.82) is 0 Å². The molecule has 0 aliphatic carbocycles. The van der Waals surface area contributed by atoms with Gasteiger partial charge in [-0.2, -0.15) is 0 Å². The second-order valence-corrected chi connectivity index (χ2v) is 8.26. The number of piperidine rings is 1. The van der Waals surface area contributed by atoms with Crippen LogP contribution in [0.3, 0.4) is 0 Å². The molecule has 4 N–H and O–H groups in total. The van der Waals surface area contributed by atoms with E-state index in [1.54, 1.807) is 4.90 Å². The molecular formula is C18H33N3O4. The average molecular weight is 355 g/mol. The molecular weight excluding hydrogens is 322 g/mol. The number of nitrogens with two attached hydrogens (primary N) is 1. The molecule has 0 spiro atoms. The zero-order valence-electron chi connectivity index (χ0n) is 15.9. The molecule has 0 bridgehead atoms. The molecule has 1 heterocycles. The lowest BCUT2D eigenvalue weighted by atomic mass is 9.79. The van der Waals surface area contributed by atoms with Crippen LogP contribution in [0.15, 0.2) is 0 Å². The third-order valence-electron chi connectivity index (χ3n) is 4.88.